The standard InChI is InChI=1S/C11H21N3/c1-3-11(2)4-8-14(9-5-11)10-12-6-7-13-10/h3-9H2,1-2H3,(H,12,13). The Morgan fingerprint density at radius 3 is 2.64 bits per heavy atom. The maximum atomic E-state index is 4.46. The number of nitrogens with zero attached hydrogens (tertiary/aromatic N) is 2. The zero-order valence-electron chi connectivity index (χ0n) is 9.34. The SMILES string of the molecule is CCC1(C)CCN(C2=NCCN2)CC1. The molecule has 0 atom stereocenters. The number of nitrogens with one attached hydrogen (secondary N) is 1. The van der Waals surface area contributed by atoms with Crippen LogP contribution >= 0.6 is 0 Å². The van der Waals surface area contributed by atoms with Crippen molar-refractivity contribution in [3.8, 4) is 0 Å². The molecular weight excluding hydrogens is 174 g/mol. The van der Waals surface area contributed by atoms with E-state index in [1.54, 1.807) is 0 Å². The predicted molar refractivity (Wildman–Crippen MR) is 59.5 cm³/mol. The number of hydrogen-bond acceptors (Lipinski definition) is 3. The summed E-state index contributed by atoms with van der Waals surface area (Å²) in [5, 5.41) is 3.35. The van der Waals surface area contributed by atoms with Gasteiger partial charge in [-0.2, -0.15) is 0 Å². The third-order valence-electron chi connectivity index (χ3n) is 3.78. The van der Waals surface area contributed by atoms with Crippen LogP contribution in [0.15, 0.2) is 4.99 Å². The largest absolute Gasteiger partial charge is 0.354 e. The van der Waals surface area contributed by atoms with Gasteiger partial charge in [0.25, 0.3) is 0 Å². The van der Waals surface area contributed by atoms with Crippen molar-refractivity contribution in [1.82, 2.24) is 10.2 Å². The molecule has 14 heavy (non-hydrogen) atoms. The summed E-state index contributed by atoms with van der Waals surface area (Å²) < 4.78 is 0. The van der Waals surface area contributed by atoms with Crippen molar-refractivity contribution in [2.75, 3.05) is 26.2 Å². The second-order valence-electron chi connectivity index (χ2n) is 4.78. The van der Waals surface area contributed by atoms with Gasteiger partial charge in [0, 0.05) is 19.6 Å². The van der Waals surface area contributed by atoms with Crippen LogP contribution in [0.25, 0.3) is 0 Å². The molecule has 3 nitrogen and oxygen atoms in total. The van der Waals surface area contributed by atoms with Gasteiger partial charge in [-0.25, -0.2) is 0 Å². The van der Waals surface area contributed by atoms with E-state index >= 15 is 0 Å². The quantitative estimate of drug-likeness (QED) is 0.686. The van der Waals surface area contributed by atoms with Crippen LogP contribution < -0.4 is 5.32 Å². The predicted octanol–water partition coefficient (Wildman–Crippen LogP) is 1.46. The molecule has 0 unspecified atom stereocenters. The Hall–Kier alpha value is -0.730. The van der Waals surface area contributed by atoms with Crippen LogP contribution in [-0.2, 0) is 0 Å². The highest BCUT2D eigenvalue weighted by atomic mass is 15.3. The van der Waals surface area contributed by atoms with Gasteiger partial charge in [-0.1, -0.05) is 20.3 Å². The molecule has 0 bridgehead atoms. The van der Waals surface area contributed by atoms with E-state index in [4.69, 9.17) is 0 Å². The lowest BCUT2D eigenvalue weighted by Gasteiger charge is -2.39. The monoisotopic (exact) mass is 195 g/mol. The highest BCUT2D eigenvalue weighted by molar-refractivity contribution is 5.81. The highest BCUT2D eigenvalue weighted by Gasteiger charge is 2.29. The molecule has 3 heteroatoms. The molecular formula is C11H21N3. The lowest BCUT2D eigenvalue weighted by atomic mass is 9.78. The molecule has 0 amide bonds. The van der Waals surface area contributed by atoms with Crippen molar-refractivity contribution in [3.63, 3.8) is 0 Å². The fourth-order valence-corrected chi connectivity index (χ4v) is 2.21. The first kappa shape index (κ1) is 9.81. The minimum atomic E-state index is 0.579. The number of aliphatic imine (C=N–C) groups is 1. The summed E-state index contributed by atoms with van der Waals surface area (Å²) >= 11 is 0. The van der Waals surface area contributed by atoms with Gasteiger partial charge in [-0.05, 0) is 18.3 Å². The smallest absolute Gasteiger partial charge is 0.194 e. The van der Waals surface area contributed by atoms with Gasteiger partial charge >= 0.3 is 0 Å². The van der Waals surface area contributed by atoms with Gasteiger partial charge in [-0.15, -0.1) is 0 Å². The number of hydrogen-bond donors (Lipinski definition) is 1. The van der Waals surface area contributed by atoms with Crippen LogP contribution in [0.1, 0.15) is 33.1 Å². The van der Waals surface area contributed by atoms with Crippen molar-refractivity contribution in [1.29, 1.82) is 0 Å². The van der Waals surface area contributed by atoms with Crippen LogP contribution in [0.2, 0.25) is 0 Å². The summed E-state index contributed by atoms with van der Waals surface area (Å²) in [6.45, 7) is 9.05. The molecule has 0 aromatic heterocycles. The number of guanidine groups is 1. The van der Waals surface area contributed by atoms with Crippen molar-refractivity contribution in [3.05, 3.63) is 0 Å². The summed E-state index contributed by atoms with van der Waals surface area (Å²) in [6, 6.07) is 0. The Bertz CT molecular complexity index is 227. The van der Waals surface area contributed by atoms with Crippen LogP contribution in [0.5, 0.6) is 0 Å². The van der Waals surface area contributed by atoms with Gasteiger partial charge in [-0.3, -0.25) is 4.99 Å². The Morgan fingerprint density at radius 2 is 2.14 bits per heavy atom. The number of piperidine rings is 1. The first-order chi connectivity index (χ1) is 6.73. The van der Waals surface area contributed by atoms with E-state index in [1.807, 2.05) is 0 Å². The van der Waals surface area contributed by atoms with E-state index in [-0.39, 0.29) is 0 Å². The second-order valence-corrected chi connectivity index (χ2v) is 4.78. The molecule has 0 aromatic rings. The topological polar surface area (TPSA) is 27.6 Å². The first-order valence-corrected chi connectivity index (χ1v) is 5.77. The van der Waals surface area contributed by atoms with Crippen molar-refractivity contribution >= 4 is 5.96 Å². The molecule has 0 aromatic carbocycles. The van der Waals surface area contributed by atoms with Crippen molar-refractivity contribution < 1.29 is 0 Å². The van der Waals surface area contributed by atoms with Crippen molar-refractivity contribution in [2.45, 2.75) is 33.1 Å². The third-order valence-corrected chi connectivity index (χ3v) is 3.78. The second kappa shape index (κ2) is 3.79. The summed E-state index contributed by atoms with van der Waals surface area (Å²) in [5.74, 6) is 1.14. The summed E-state index contributed by atoms with van der Waals surface area (Å²) in [4.78, 5) is 6.87. The zero-order valence-corrected chi connectivity index (χ0v) is 9.34. The normalized spacial score (nSPS) is 25.9. The molecule has 2 aliphatic rings. The van der Waals surface area contributed by atoms with E-state index in [2.05, 4.69) is 29.1 Å². The van der Waals surface area contributed by atoms with Crippen LogP contribution in [0, 0.1) is 5.41 Å². The average Bonchev–Trinajstić information content (AvgIpc) is 2.72. The van der Waals surface area contributed by atoms with Gasteiger partial charge in [0.15, 0.2) is 5.96 Å². The minimum Gasteiger partial charge on any atom is -0.354 e. The minimum absolute atomic E-state index is 0.579. The molecule has 1 saturated heterocycles. The Kier molecular flexibility index (Phi) is 2.66. The molecule has 0 aliphatic carbocycles. The van der Waals surface area contributed by atoms with E-state index in [1.165, 1.54) is 32.4 Å². The van der Waals surface area contributed by atoms with E-state index in [9.17, 15) is 0 Å². The molecule has 80 valence electrons. The van der Waals surface area contributed by atoms with E-state index in [0.29, 0.717) is 5.41 Å². The Labute approximate surface area is 86.6 Å². The van der Waals surface area contributed by atoms with Crippen LogP contribution in [0.3, 0.4) is 0 Å². The molecule has 0 saturated carbocycles. The fourth-order valence-electron chi connectivity index (χ4n) is 2.21. The van der Waals surface area contributed by atoms with Crippen LogP contribution in [0.4, 0.5) is 0 Å². The van der Waals surface area contributed by atoms with Crippen LogP contribution in [-0.4, -0.2) is 37.0 Å². The van der Waals surface area contributed by atoms with E-state index < -0.39 is 0 Å². The zero-order chi connectivity index (χ0) is 10.0. The van der Waals surface area contributed by atoms with Gasteiger partial charge in [0.05, 0.1) is 6.54 Å². The number of likely N-dealkylation sites (tertiary alicyclic amines) is 1. The number of rotatable bonds is 1. The maximum Gasteiger partial charge on any atom is 0.194 e. The molecule has 0 spiro atoms. The van der Waals surface area contributed by atoms with Gasteiger partial charge in [0.1, 0.15) is 0 Å². The van der Waals surface area contributed by atoms with Gasteiger partial charge < -0.3 is 10.2 Å². The lowest BCUT2D eigenvalue weighted by Crippen LogP contribution is -2.45. The maximum absolute atomic E-state index is 4.46. The molecule has 1 N–H and O–H groups in total. The summed E-state index contributed by atoms with van der Waals surface area (Å²) in [6.07, 6.45) is 3.93. The van der Waals surface area contributed by atoms with Gasteiger partial charge in [0.2, 0.25) is 0 Å². The summed E-state index contributed by atoms with van der Waals surface area (Å²) in [5.41, 5.74) is 0.579. The third kappa shape index (κ3) is 1.86. The molecule has 2 rings (SSSR count). The average molecular weight is 195 g/mol. The summed E-state index contributed by atoms with van der Waals surface area (Å²) in [7, 11) is 0. The molecule has 2 aliphatic heterocycles. The lowest BCUT2D eigenvalue weighted by molar-refractivity contribution is 0.160. The first-order valence-electron chi connectivity index (χ1n) is 5.77. The highest BCUT2D eigenvalue weighted by Crippen LogP contribution is 2.33. The molecule has 1 fully saturated rings. The molecule has 2 heterocycles. The molecule has 0 radical (unpaired) electrons. The van der Waals surface area contributed by atoms with E-state index in [0.717, 1.165) is 19.0 Å². The Balaban J connectivity index is 1.89. The van der Waals surface area contributed by atoms with Crippen molar-refractivity contribution in [2.24, 2.45) is 10.4 Å². The Morgan fingerprint density at radius 1 is 1.43 bits per heavy atom. The fraction of sp³-hybridized carbons (Fsp3) is 0.909.